The van der Waals surface area contributed by atoms with Crippen molar-refractivity contribution in [1.82, 2.24) is 16.0 Å². The summed E-state index contributed by atoms with van der Waals surface area (Å²) in [4.78, 5) is 31.8. The molecule has 1 aliphatic heterocycles. The molecule has 12 heavy (non-hydrogen) atoms. The van der Waals surface area contributed by atoms with Crippen LogP contribution in [0, 0.1) is 0 Å². The molecule has 0 unspecified atom stereocenters. The van der Waals surface area contributed by atoms with Gasteiger partial charge in [-0.3, -0.25) is 14.4 Å². The molecule has 3 amide bonds. The summed E-state index contributed by atoms with van der Waals surface area (Å²) in [6.45, 7) is 0. The zero-order valence-corrected chi connectivity index (χ0v) is 6.60. The molecule has 0 atom stereocenters. The van der Waals surface area contributed by atoms with E-state index in [0.717, 1.165) is 0 Å². The molecule has 0 spiro atoms. The second-order valence-electron chi connectivity index (χ2n) is 2.03. The number of carbonyl (C=O) groups excluding carboxylic acids is 3. The molecule has 1 heterocycles. The number of nitrogens with one attached hydrogen (secondary N) is 3. The van der Waals surface area contributed by atoms with E-state index in [0.29, 0.717) is 0 Å². The van der Waals surface area contributed by atoms with Crippen LogP contribution in [0.15, 0.2) is 0 Å². The van der Waals surface area contributed by atoms with Crippen LogP contribution in [-0.2, 0) is 14.4 Å². The lowest BCUT2D eigenvalue weighted by Gasteiger charge is -2.21. The molecule has 1 rings (SSSR count). The van der Waals surface area contributed by atoms with Crippen LogP contribution in [-0.4, -0.2) is 29.4 Å². The van der Waals surface area contributed by atoms with Crippen LogP contribution in [0.3, 0.4) is 0 Å². The van der Waals surface area contributed by atoms with Crippen molar-refractivity contribution in [2.45, 2.75) is 6.04 Å². The molecule has 0 aromatic rings. The third-order valence-electron chi connectivity index (χ3n) is 1.23. The van der Waals surface area contributed by atoms with E-state index in [2.05, 4.69) is 22.9 Å². The maximum absolute atomic E-state index is 10.9. The molecule has 0 radical (unpaired) electrons. The maximum atomic E-state index is 10.9. The number of amides is 3. The van der Waals surface area contributed by atoms with Crippen LogP contribution in [0.4, 0.5) is 0 Å². The average Bonchev–Trinajstić information content (AvgIpc) is 1.96. The van der Waals surface area contributed by atoms with E-state index >= 15 is 0 Å². The van der Waals surface area contributed by atoms with Gasteiger partial charge in [-0.25, -0.2) is 0 Å². The van der Waals surface area contributed by atoms with E-state index in [4.69, 9.17) is 0 Å². The molecule has 0 aromatic carbocycles. The summed E-state index contributed by atoms with van der Waals surface area (Å²) >= 11 is 4.52. The van der Waals surface area contributed by atoms with E-state index in [1.165, 1.54) is 0 Å². The molecular formula is C5H5N3O3S. The third-order valence-corrected chi connectivity index (χ3v) is 1.44. The molecule has 3 N–H and O–H groups in total. The van der Waals surface area contributed by atoms with Gasteiger partial charge in [0.1, 0.15) is 0 Å². The Morgan fingerprint density at radius 1 is 1.33 bits per heavy atom. The quantitative estimate of drug-likeness (QED) is 0.256. The minimum Gasteiger partial charge on any atom is -0.339 e. The minimum atomic E-state index is -1.19. The molecule has 0 saturated carbocycles. The van der Waals surface area contributed by atoms with Gasteiger partial charge in [0, 0.05) is 0 Å². The topological polar surface area (TPSA) is 87.3 Å². The number of hydrogen-bond donors (Lipinski definition) is 3. The molecule has 0 aromatic heterocycles. The Bertz CT molecular complexity index is 245. The van der Waals surface area contributed by atoms with Crippen molar-refractivity contribution in [3.8, 4) is 0 Å². The van der Waals surface area contributed by atoms with Crippen molar-refractivity contribution in [1.29, 1.82) is 0 Å². The van der Waals surface area contributed by atoms with Crippen molar-refractivity contribution < 1.29 is 14.4 Å². The standard InChI is InChI=1S/C5H5N3O3S/c9-1-6-2-3(10)7-5(12)8-4(2)11/h1-2H,(H,6,9)(H2,7,8,10,11,12). The second kappa shape index (κ2) is 3.26. The normalized spacial score (nSPS) is 18.2. The molecule has 1 aliphatic rings. The maximum Gasteiger partial charge on any atom is 0.258 e. The van der Waals surface area contributed by atoms with E-state index < -0.39 is 17.9 Å². The Balaban J connectivity index is 2.73. The van der Waals surface area contributed by atoms with Gasteiger partial charge in [-0.1, -0.05) is 0 Å². The molecule has 0 aliphatic carbocycles. The van der Waals surface area contributed by atoms with E-state index in [-0.39, 0.29) is 11.5 Å². The highest BCUT2D eigenvalue weighted by Gasteiger charge is 2.31. The van der Waals surface area contributed by atoms with Crippen molar-refractivity contribution in [3.05, 3.63) is 0 Å². The molecule has 7 heteroatoms. The predicted molar refractivity (Wildman–Crippen MR) is 41.9 cm³/mol. The molecule has 6 nitrogen and oxygen atoms in total. The number of thiocarbonyl (C=S) groups is 1. The Kier molecular flexibility index (Phi) is 2.34. The summed E-state index contributed by atoms with van der Waals surface area (Å²) in [6.07, 6.45) is 0.276. The van der Waals surface area contributed by atoms with Gasteiger partial charge >= 0.3 is 0 Å². The molecule has 64 valence electrons. The first-order valence-corrected chi connectivity index (χ1v) is 3.41. The van der Waals surface area contributed by atoms with Crippen LogP contribution in [0.5, 0.6) is 0 Å². The Hall–Kier alpha value is -1.50. The highest BCUT2D eigenvalue weighted by molar-refractivity contribution is 7.80. The van der Waals surface area contributed by atoms with Crippen molar-refractivity contribution in [2.24, 2.45) is 0 Å². The fraction of sp³-hybridized carbons (Fsp3) is 0.200. The smallest absolute Gasteiger partial charge is 0.258 e. The van der Waals surface area contributed by atoms with Crippen molar-refractivity contribution in [2.75, 3.05) is 0 Å². The Morgan fingerprint density at radius 3 is 2.25 bits per heavy atom. The van der Waals surface area contributed by atoms with Gasteiger partial charge < -0.3 is 16.0 Å². The average molecular weight is 187 g/mol. The summed E-state index contributed by atoms with van der Waals surface area (Å²) in [5.41, 5.74) is 0. The first-order chi connectivity index (χ1) is 5.65. The molecule has 1 fully saturated rings. The first-order valence-electron chi connectivity index (χ1n) is 3.00. The van der Waals surface area contributed by atoms with Gasteiger partial charge in [-0.15, -0.1) is 0 Å². The minimum absolute atomic E-state index is 0.0473. The largest absolute Gasteiger partial charge is 0.339 e. The SMILES string of the molecule is O=CNC1C(=O)NC(=S)NC1=O. The van der Waals surface area contributed by atoms with E-state index in [1.807, 2.05) is 5.32 Å². The van der Waals surface area contributed by atoms with Crippen LogP contribution in [0.25, 0.3) is 0 Å². The summed E-state index contributed by atoms with van der Waals surface area (Å²) in [5.74, 6) is -1.26. The summed E-state index contributed by atoms with van der Waals surface area (Å²) in [7, 11) is 0. The fourth-order valence-electron chi connectivity index (χ4n) is 0.738. The number of carbonyl (C=O) groups is 3. The molecule has 0 bridgehead atoms. The lowest BCUT2D eigenvalue weighted by Crippen LogP contribution is -2.63. The Labute approximate surface area is 72.7 Å². The monoisotopic (exact) mass is 187 g/mol. The van der Waals surface area contributed by atoms with Crippen molar-refractivity contribution >= 4 is 35.6 Å². The predicted octanol–water partition coefficient (Wildman–Crippen LogP) is -2.37. The first kappa shape index (κ1) is 8.60. The summed E-state index contributed by atoms with van der Waals surface area (Å²) in [5, 5.41) is 6.36. The lowest BCUT2D eigenvalue weighted by molar-refractivity contribution is -0.134. The second-order valence-corrected chi connectivity index (χ2v) is 2.43. The third kappa shape index (κ3) is 1.56. The summed E-state index contributed by atoms with van der Waals surface area (Å²) < 4.78 is 0. The van der Waals surface area contributed by atoms with Gasteiger partial charge in [0.15, 0.2) is 11.2 Å². The highest BCUT2D eigenvalue weighted by atomic mass is 32.1. The zero-order chi connectivity index (χ0) is 9.14. The number of hydrogen-bond acceptors (Lipinski definition) is 4. The van der Waals surface area contributed by atoms with Gasteiger partial charge in [-0.05, 0) is 12.2 Å². The van der Waals surface area contributed by atoms with Gasteiger partial charge in [0.25, 0.3) is 11.8 Å². The van der Waals surface area contributed by atoms with E-state index in [9.17, 15) is 14.4 Å². The van der Waals surface area contributed by atoms with E-state index in [1.54, 1.807) is 0 Å². The Morgan fingerprint density at radius 2 is 1.83 bits per heavy atom. The fourth-order valence-corrected chi connectivity index (χ4v) is 0.939. The molecular weight excluding hydrogens is 182 g/mol. The van der Waals surface area contributed by atoms with Gasteiger partial charge in [0.2, 0.25) is 6.41 Å². The van der Waals surface area contributed by atoms with Crippen LogP contribution in [0.2, 0.25) is 0 Å². The van der Waals surface area contributed by atoms with Gasteiger partial charge in [-0.2, -0.15) is 0 Å². The van der Waals surface area contributed by atoms with Gasteiger partial charge in [0.05, 0.1) is 0 Å². The zero-order valence-electron chi connectivity index (χ0n) is 5.79. The highest BCUT2D eigenvalue weighted by Crippen LogP contribution is 1.90. The van der Waals surface area contributed by atoms with Crippen LogP contribution in [0.1, 0.15) is 0 Å². The number of rotatable bonds is 2. The lowest BCUT2D eigenvalue weighted by atomic mass is 10.2. The summed E-state index contributed by atoms with van der Waals surface area (Å²) in [6, 6.07) is -1.19. The van der Waals surface area contributed by atoms with Crippen molar-refractivity contribution in [3.63, 3.8) is 0 Å². The molecule has 1 saturated heterocycles. The van der Waals surface area contributed by atoms with Crippen LogP contribution < -0.4 is 16.0 Å². The van der Waals surface area contributed by atoms with Crippen LogP contribution >= 0.6 is 12.2 Å².